The van der Waals surface area contributed by atoms with Crippen LogP contribution in [-0.4, -0.2) is 33.5 Å². The van der Waals surface area contributed by atoms with Gasteiger partial charge in [0.05, 0.1) is 17.4 Å². The second kappa shape index (κ2) is 9.25. The molecule has 1 fully saturated rings. The number of anilines is 2. The first-order chi connectivity index (χ1) is 17.2. The number of fused-ring (bicyclic) bond motifs is 1. The summed E-state index contributed by atoms with van der Waals surface area (Å²) in [6, 6.07) is 10.0. The van der Waals surface area contributed by atoms with E-state index in [0.29, 0.717) is 11.3 Å². The van der Waals surface area contributed by atoms with Gasteiger partial charge >= 0.3 is 6.18 Å². The normalized spacial score (nSPS) is 14.0. The first-order valence-corrected chi connectivity index (χ1v) is 11.5. The molecule has 36 heavy (non-hydrogen) atoms. The molecule has 5 rings (SSSR count). The van der Waals surface area contributed by atoms with Gasteiger partial charge in [0.25, 0.3) is 5.91 Å². The molecule has 1 aliphatic heterocycles. The Labute approximate surface area is 204 Å². The fourth-order valence-electron chi connectivity index (χ4n) is 4.44. The Hall–Kier alpha value is -3.95. The van der Waals surface area contributed by atoms with E-state index in [1.165, 1.54) is 28.8 Å². The van der Waals surface area contributed by atoms with Crippen molar-refractivity contribution in [1.82, 2.24) is 14.5 Å². The molecule has 0 radical (unpaired) electrons. The summed E-state index contributed by atoms with van der Waals surface area (Å²) in [7, 11) is 0. The monoisotopic (exact) mass is 497 g/mol. The summed E-state index contributed by atoms with van der Waals surface area (Å²) in [6.07, 6.45) is -0.0375. The first-order valence-electron chi connectivity index (χ1n) is 11.5. The molecule has 1 aromatic carbocycles. The van der Waals surface area contributed by atoms with Gasteiger partial charge in [0.2, 0.25) is 0 Å². The smallest absolute Gasteiger partial charge is 0.357 e. The van der Waals surface area contributed by atoms with Crippen LogP contribution in [0.1, 0.15) is 40.0 Å². The van der Waals surface area contributed by atoms with E-state index in [-0.39, 0.29) is 23.3 Å². The van der Waals surface area contributed by atoms with Crippen molar-refractivity contribution in [3.8, 4) is 0 Å². The summed E-state index contributed by atoms with van der Waals surface area (Å²) in [5.41, 5.74) is 1.22. The average Bonchev–Trinajstić information content (AvgIpc) is 3.48. The van der Waals surface area contributed by atoms with Crippen molar-refractivity contribution in [2.75, 3.05) is 23.3 Å². The highest BCUT2D eigenvalue weighted by Crippen LogP contribution is 2.32. The van der Waals surface area contributed by atoms with Gasteiger partial charge in [-0.1, -0.05) is 12.1 Å². The Morgan fingerprint density at radius 2 is 1.83 bits per heavy atom. The van der Waals surface area contributed by atoms with Crippen molar-refractivity contribution in [2.24, 2.45) is 0 Å². The number of amides is 1. The lowest BCUT2D eigenvalue weighted by Crippen LogP contribution is -2.21. The van der Waals surface area contributed by atoms with Gasteiger partial charge in [0, 0.05) is 31.2 Å². The van der Waals surface area contributed by atoms with Gasteiger partial charge in [0.1, 0.15) is 23.0 Å². The molecule has 1 N–H and O–H groups in total. The maximum atomic E-state index is 13.8. The molecule has 0 spiro atoms. The number of rotatable bonds is 5. The van der Waals surface area contributed by atoms with E-state index in [1.54, 1.807) is 12.3 Å². The summed E-state index contributed by atoms with van der Waals surface area (Å²) in [6.45, 7) is 3.78. The minimum absolute atomic E-state index is 0.0491. The lowest BCUT2D eigenvalue weighted by molar-refractivity contribution is -0.137. The van der Waals surface area contributed by atoms with Crippen LogP contribution in [0.4, 0.5) is 29.1 Å². The number of hydrogen-bond donors (Lipinski definition) is 1. The number of aromatic nitrogens is 3. The molecular weight excluding hydrogens is 474 g/mol. The number of carbonyl (C=O) groups excluding carboxylic acids is 1. The highest BCUT2D eigenvalue weighted by atomic mass is 19.4. The highest BCUT2D eigenvalue weighted by Gasteiger charge is 2.32. The lowest BCUT2D eigenvalue weighted by atomic mass is 10.2. The van der Waals surface area contributed by atoms with Gasteiger partial charge in [-0.25, -0.2) is 14.4 Å². The Kier molecular flexibility index (Phi) is 6.11. The number of nitrogens with zero attached hydrogens (tertiary/aromatic N) is 4. The third-order valence-electron chi connectivity index (χ3n) is 6.30. The molecule has 0 saturated carbocycles. The Morgan fingerprint density at radius 1 is 1.06 bits per heavy atom. The molecule has 6 nitrogen and oxygen atoms in total. The number of aryl methyl sites for hydroxylation is 1. The second-order valence-electron chi connectivity index (χ2n) is 8.89. The fourth-order valence-corrected chi connectivity index (χ4v) is 4.44. The van der Waals surface area contributed by atoms with Crippen LogP contribution in [0.25, 0.3) is 11.0 Å². The number of benzene rings is 1. The predicted molar refractivity (Wildman–Crippen MR) is 129 cm³/mol. The second-order valence-corrected chi connectivity index (χ2v) is 8.89. The fraction of sp³-hybridized carbons (Fsp3) is 0.269. The van der Waals surface area contributed by atoms with Crippen molar-refractivity contribution in [1.29, 1.82) is 0 Å². The summed E-state index contributed by atoms with van der Waals surface area (Å²) < 4.78 is 55.1. The Bertz CT molecular complexity index is 1440. The number of hydrogen-bond acceptors (Lipinski definition) is 4. The third-order valence-corrected chi connectivity index (χ3v) is 6.30. The van der Waals surface area contributed by atoms with Gasteiger partial charge in [0.15, 0.2) is 0 Å². The van der Waals surface area contributed by atoms with E-state index in [2.05, 4.69) is 20.2 Å². The van der Waals surface area contributed by atoms with E-state index in [0.717, 1.165) is 49.6 Å². The van der Waals surface area contributed by atoms with E-state index < -0.39 is 23.5 Å². The standard InChI is InChI=1S/C26H23F4N5O/c1-16-9-23(34-7-2-3-8-34)31-14-21(16)33-25(36)22-12-18-11-19(26(28,29)30)13-32-24(18)35(22)15-17-5-4-6-20(27)10-17/h4-6,9-14H,2-3,7-8,15H2,1H3,(H,33,36). The number of carbonyl (C=O) groups is 1. The van der Waals surface area contributed by atoms with Gasteiger partial charge in [-0.15, -0.1) is 0 Å². The molecule has 3 aromatic heterocycles. The molecule has 1 aliphatic rings. The summed E-state index contributed by atoms with van der Waals surface area (Å²) in [5.74, 6) is -0.147. The Morgan fingerprint density at radius 3 is 2.53 bits per heavy atom. The zero-order valence-electron chi connectivity index (χ0n) is 19.4. The molecule has 0 bridgehead atoms. The number of pyridine rings is 2. The molecule has 4 aromatic rings. The molecule has 10 heteroatoms. The molecule has 0 atom stereocenters. The van der Waals surface area contributed by atoms with Gasteiger partial charge in [-0.05, 0) is 61.2 Å². The number of alkyl halides is 3. The van der Waals surface area contributed by atoms with E-state index in [9.17, 15) is 22.4 Å². The minimum atomic E-state index is -4.58. The van der Waals surface area contributed by atoms with Gasteiger partial charge < -0.3 is 14.8 Å². The zero-order chi connectivity index (χ0) is 25.4. The molecular formula is C26H23F4N5O. The number of halogens is 4. The van der Waals surface area contributed by atoms with Gasteiger partial charge in [-0.2, -0.15) is 13.2 Å². The molecule has 0 unspecified atom stereocenters. The van der Waals surface area contributed by atoms with Gasteiger partial charge in [-0.3, -0.25) is 4.79 Å². The molecule has 1 saturated heterocycles. The van der Waals surface area contributed by atoms with Crippen LogP contribution in [-0.2, 0) is 12.7 Å². The lowest BCUT2D eigenvalue weighted by Gasteiger charge is -2.18. The predicted octanol–water partition coefficient (Wildman–Crippen LogP) is 5.80. The molecule has 186 valence electrons. The van der Waals surface area contributed by atoms with Crippen LogP contribution in [0.5, 0.6) is 0 Å². The largest absolute Gasteiger partial charge is 0.417 e. The summed E-state index contributed by atoms with van der Waals surface area (Å²) in [5, 5.41) is 2.98. The van der Waals surface area contributed by atoms with Crippen molar-refractivity contribution in [3.05, 3.63) is 83.1 Å². The quantitative estimate of drug-likeness (QED) is 0.354. The van der Waals surface area contributed by atoms with Crippen LogP contribution in [0.3, 0.4) is 0 Å². The summed E-state index contributed by atoms with van der Waals surface area (Å²) in [4.78, 5) is 24.0. The van der Waals surface area contributed by atoms with Crippen LogP contribution < -0.4 is 10.2 Å². The minimum Gasteiger partial charge on any atom is -0.357 e. The van der Waals surface area contributed by atoms with Crippen LogP contribution >= 0.6 is 0 Å². The number of nitrogens with one attached hydrogen (secondary N) is 1. The van der Waals surface area contributed by atoms with Crippen LogP contribution in [0, 0.1) is 12.7 Å². The van der Waals surface area contributed by atoms with E-state index >= 15 is 0 Å². The molecule has 0 aliphatic carbocycles. The van der Waals surface area contributed by atoms with Crippen LogP contribution in [0.15, 0.2) is 54.9 Å². The maximum Gasteiger partial charge on any atom is 0.417 e. The molecule has 1 amide bonds. The van der Waals surface area contributed by atoms with Crippen molar-refractivity contribution < 1.29 is 22.4 Å². The SMILES string of the molecule is Cc1cc(N2CCCC2)ncc1NC(=O)c1cc2cc(C(F)(F)F)cnc2n1Cc1cccc(F)c1. The average molecular weight is 497 g/mol. The van der Waals surface area contributed by atoms with E-state index in [1.807, 2.05) is 13.0 Å². The Balaban J connectivity index is 1.51. The zero-order valence-corrected chi connectivity index (χ0v) is 19.4. The van der Waals surface area contributed by atoms with Crippen molar-refractivity contribution >= 4 is 28.4 Å². The first kappa shape index (κ1) is 23.8. The summed E-state index contributed by atoms with van der Waals surface area (Å²) >= 11 is 0. The topological polar surface area (TPSA) is 63.1 Å². The maximum absolute atomic E-state index is 13.8. The van der Waals surface area contributed by atoms with Crippen molar-refractivity contribution in [3.63, 3.8) is 0 Å². The molecule has 4 heterocycles. The van der Waals surface area contributed by atoms with Crippen LogP contribution in [0.2, 0.25) is 0 Å². The highest BCUT2D eigenvalue weighted by molar-refractivity contribution is 6.06. The third kappa shape index (κ3) is 4.75. The van der Waals surface area contributed by atoms with E-state index in [4.69, 9.17) is 0 Å². The van der Waals surface area contributed by atoms with Crippen molar-refractivity contribution in [2.45, 2.75) is 32.5 Å².